The number of aromatic nitrogens is 2. The second-order valence-corrected chi connectivity index (χ2v) is 7.76. The molecule has 0 aliphatic carbocycles. The molecule has 2 aromatic carbocycles. The first kappa shape index (κ1) is 21.6. The number of benzene rings is 2. The quantitative estimate of drug-likeness (QED) is 0.538. The van der Waals surface area contributed by atoms with Crippen LogP contribution < -0.4 is 10.5 Å². The molecular weight excluding hydrogens is 378 g/mol. The minimum absolute atomic E-state index is 0.206. The maximum Gasteiger partial charge on any atom is 0.268 e. The van der Waals surface area contributed by atoms with Gasteiger partial charge in [-0.05, 0) is 50.3 Å². The van der Waals surface area contributed by atoms with Gasteiger partial charge in [-0.15, -0.1) is 0 Å². The highest BCUT2D eigenvalue weighted by atomic mass is 16.5. The van der Waals surface area contributed by atoms with Crippen molar-refractivity contribution >= 4 is 5.91 Å². The molecule has 1 heterocycles. The van der Waals surface area contributed by atoms with E-state index in [-0.39, 0.29) is 5.69 Å². The SMILES string of the molecule is Cc1cc(C)cc(COc2ccccc2CCC[C@H](O)Cn2cnc(C(N)=O)c2)c1. The van der Waals surface area contributed by atoms with Crippen LogP contribution in [0, 0.1) is 13.8 Å². The molecule has 3 aromatic rings. The molecule has 3 rings (SSSR count). The average molecular weight is 408 g/mol. The van der Waals surface area contributed by atoms with Gasteiger partial charge in [-0.3, -0.25) is 4.79 Å². The van der Waals surface area contributed by atoms with E-state index in [1.165, 1.54) is 17.5 Å². The Balaban J connectivity index is 1.51. The number of carbonyl (C=O) groups excluding carboxylic acids is 1. The average Bonchev–Trinajstić information content (AvgIpc) is 3.15. The lowest BCUT2D eigenvalue weighted by molar-refractivity contribution is 0.0995. The number of primary amides is 1. The zero-order chi connectivity index (χ0) is 21.5. The van der Waals surface area contributed by atoms with E-state index >= 15 is 0 Å². The van der Waals surface area contributed by atoms with Crippen LogP contribution in [0.2, 0.25) is 0 Å². The summed E-state index contributed by atoms with van der Waals surface area (Å²) in [6.07, 6.45) is 4.82. The first-order valence-electron chi connectivity index (χ1n) is 10.2. The summed E-state index contributed by atoms with van der Waals surface area (Å²) in [5.41, 5.74) is 10.2. The number of nitrogens with zero attached hydrogens (tertiary/aromatic N) is 2. The van der Waals surface area contributed by atoms with Crippen LogP contribution in [0.1, 0.15) is 45.6 Å². The lowest BCUT2D eigenvalue weighted by Gasteiger charge is -2.14. The van der Waals surface area contributed by atoms with Crippen LogP contribution in [-0.4, -0.2) is 26.7 Å². The number of imidazole rings is 1. The number of aliphatic hydroxyl groups is 1. The van der Waals surface area contributed by atoms with Crippen LogP contribution in [0.4, 0.5) is 0 Å². The Labute approximate surface area is 177 Å². The van der Waals surface area contributed by atoms with E-state index in [9.17, 15) is 9.90 Å². The number of aliphatic hydroxyl groups excluding tert-OH is 1. The van der Waals surface area contributed by atoms with Crippen LogP contribution in [0.5, 0.6) is 5.75 Å². The molecule has 6 nitrogen and oxygen atoms in total. The highest BCUT2D eigenvalue weighted by Gasteiger charge is 2.10. The van der Waals surface area contributed by atoms with Gasteiger partial charge < -0.3 is 20.1 Å². The number of amides is 1. The molecule has 158 valence electrons. The van der Waals surface area contributed by atoms with Crippen molar-refractivity contribution < 1.29 is 14.6 Å². The van der Waals surface area contributed by atoms with Crippen molar-refractivity contribution in [2.45, 2.75) is 52.4 Å². The van der Waals surface area contributed by atoms with Gasteiger partial charge in [0.2, 0.25) is 0 Å². The number of hydrogen-bond acceptors (Lipinski definition) is 4. The van der Waals surface area contributed by atoms with Gasteiger partial charge in [0.15, 0.2) is 0 Å². The Morgan fingerprint density at radius 1 is 1.20 bits per heavy atom. The van der Waals surface area contributed by atoms with Crippen molar-refractivity contribution in [1.82, 2.24) is 9.55 Å². The lowest BCUT2D eigenvalue weighted by atomic mass is 10.0. The molecule has 0 saturated carbocycles. The normalized spacial score (nSPS) is 12.0. The highest BCUT2D eigenvalue weighted by molar-refractivity contribution is 5.90. The molecule has 6 heteroatoms. The number of hydrogen-bond donors (Lipinski definition) is 2. The fraction of sp³-hybridized carbons (Fsp3) is 0.333. The third-order valence-electron chi connectivity index (χ3n) is 4.94. The van der Waals surface area contributed by atoms with Gasteiger partial charge in [0, 0.05) is 12.7 Å². The molecule has 0 fully saturated rings. The predicted molar refractivity (Wildman–Crippen MR) is 116 cm³/mol. The van der Waals surface area contributed by atoms with Gasteiger partial charge >= 0.3 is 0 Å². The summed E-state index contributed by atoms with van der Waals surface area (Å²) in [4.78, 5) is 15.0. The molecule has 30 heavy (non-hydrogen) atoms. The molecule has 1 aromatic heterocycles. The van der Waals surface area contributed by atoms with Crippen LogP contribution in [0.3, 0.4) is 0 Å². The third-order valence-corrected chi connectivity index (χ3v) is 4.94. The zero-order valence-corrected chi connectivity index (χ0v) is 17.5. The maximum atomic E-state index is 11.1. The number of ether oxygens (including phenoxy) is 1. The Hall–Kier alpha value is -3.12. The minimum atomic E-state index is -0.569. The van der Waals surface area contributed by atoms with Gasteiger partial charge in [0.05, 0.1) is 12.4 Å². The van der Waals surface area contributed by atoms with Crippen LogP contribution in [0.25, 0.3) is 0 Å². The molecule has 0 saturated heterocycles. The van der Waals surface area contributed by atoms with E-state index < -0.39 is 12.0 Å². The molecule has 0 bridgehead atoms. The lowest BCUT2D eigenvalue weighted by Crippen LogP contribution is -2.15. The van der Waals surface area contributed by atoms with Crippen LogP contribution >= 0.6 is 0 Å². The Bertz CT molecular complexity index is 977. The molecule has 0 spiro atoms. The fourth-order valence-corrected chi connectivity index (χ4v) is 3.61. The Morgan fingerprint density at radius 2 is 1.93 bits per heavy atom. The summed E-state index contributed by atoms with van der Waals surface area (Å²) in [5.74, 6) is 0.313. The molecule has 0 unspecified atom stereocenters. The monoisotopic (exact) mass is 407 g/mol. The molecule has 0 radical (unpaired) electrons. The third kappa shape index (κ3) is 6.19. The van der Waals surface area contributed by atoms with E-state index in [0.717, 1.165) is 29.7 Å². The first-order valence-corrected chi connectivity index (χ1v) is 10.2. The molecule has 0 aliphatic rings. The van der Waals surface area contributed by atoms with E-state index in [2.05, 4.69) is 43.1 Å². The first-order chi connectivity index (χ1) is 14.4. The summed E-state index contributed by atoms with van der Waals surface area (Å²) in [6.45, 7) is 5.10. The summed E-state index contributed by atoms with van der Waals surface area (Å²) in [5, 5.41) is 10.3. The van der Waals surface area contributed by atoms with Gasteiger partial charge in [0.25, 0.3) is 5.91 Å². The maximum absolute atomic E-state index is 11.1. The predicted octanol–water partition coefficient (Wildman–Crippen LogP) is 3.56. The van der Waals surface area contributed by atoms with E-state index in [1.54, 1.807) is 10.8 Å². The number of para-hydroxylation sites is 1. The van der Waals surface area contributed by atoms with Crippen molar-refractivity contribution in [3.63, 3.8) is 0 Å². The number of carbonyl (C=O) groups is 1. The summed E-state index contributed by atoms with van der Waals surface area (Å²) < 4.78 is 7.78. The van der Waals surface area contributed by atoms with Crippen molar-refractivity contribution in [1.29, 1.82) is 0 Å². The van der Waals surface area contributed by atoms with E-state index in [1.807, 2.05) is 18.2 Å². The standard InChI is InChI=1S/C24H29N3O3/c1-17-10-18(2)12-19(11-17)15-30-23-9-4-3-6-20(23)7-5-8-21(28)13-27-14-22(24(25)29)26-16-27/h3-4,6,9-12,14,16,21,28H,5,7-8,13,15H2,1-2H3,(H2,25,29)/t21-/m0/s1. The fourth-order valence-electron chi connectivity index (χ4n) is 3.61. The summed E-state index contributed by atoms with van der Waals surface area (Å²) in [6, 6.07) is 14.5. The number of rotatable bonds is 10. The smallest absolute Gasteiger partial charge is 0.268 e. The molecular formula is C24H29N3O3. The second kappa shape index (κ2) is 10.1. The Morgan fingerprint density at radius 3 is 2.63 bits per heavy atom. The second-order valence-electron chi connectivity index (χ2n) is 7.76. The van der Waals surface area contributed by atoms with Gasteiger partial charge in [-0.25, -0.2) is 4.98 Å². The number of aryl methyl sites for hydroxylation is 3. The minimum Gasteiger partial charge on any atom is -0.489 e. The van der Waals surface area contributed by atoms with Crippen molar-refractivity contribution in [3.8, 4) is 5.75 Å². The summed E-state index contributed by atoms with van der Waals surface area (Å²) in [7, 11) is 0. The number of nitrogens with two attached hydrogens (primary N) is 1. The van der Waals surface area contributed by atoms with Crippen molar-refractivity contribution in [3.05, 3.63) is 82.9 Å². The largest absolute Gasteiger partial charge is 0.489 e. The topological polar surface area (TPSA) is 90.4 Å². The zero-order valence-electron chi connectivity index (χ0n) is 17.5. The van der Waals surface area contributed by atoms with Gasteiger partial charge in [0.1, 0.15) is 18.1 Å². The van der Waals surface area contributed by atoms with E-state index in [4.69, 9.17) is 10.5 Å². The summed E-state index contributed by atoms with van der Waals surface area (Å²) >= 11 is 0. The highest BCUT2D eigenvalue weighted by Crippen LogP contribution is 2.22. The van der Waals surface area contributed by atoms with E-state index in [0.29, 0.717) is 19.6 Å². The van der Waals surface area contributed by atoms with Crippen molar-refractivity contribution in [2.75, 3.05) is 0 Å². The van der Waals surface area contributed by atoms with Crippen LogP contribution in [0.15, 0.2) is 55.0 Å². The van der Waals surface area contributed by atoms with Gasteiger partial charge in [-0.1, -0.05) is 47.5 Å². The molecule has 3 N–H and O–H groups in total. The van der Waals surface area contributed by atoms with Gasteiger partial charge in [-0.2, -0.15) is 0 Å². The van der Waals surface area contributed by atoms with Crippen molar-refractivity contribution in [2.24, 2.45) is 5.73 Å². The molecule has 1 atom stereocenters. The molecule has 0 aliphatic heterocycles. The van der Waals surface area contributed by atoms with Crippen LogP contribution in [-0.2, 0) is 19.6 Å². The Kier molecular flexibility index (Phi) is 7.25. The molecule has 1 amide bonds.